The quantitative estimate of drug-likeness (QED) is 0.810. The number of carbonyl (C=O) groups is 1. The highest BCUT2D eigenvalue weighted by molar-refractivity contribution is 5.78. The molecule has 2 aliphatic rings. The van der Waals surface area contributed by atoms with E-state index in [1.54, 1.807) is 12.4 Å². The van der Waals surface area contributed by atoms with Gasteiger partial charge in [0.1, 0.15) is 5.82 Å². The molecule has 2 aliphatic heterocycles. The Hall–Kier alpha value is -2.25. The van der Waals surface area contributed by atoms with Gasteiger partial charge in [-0.2, -0.15) is 0 Å². The highest BCUT2D eigenvalue weighted by Crippen LogP contribution is 2.25. The summed E-state index contributed by atoms with van der Waals surface area (Å²) in [5.41, 5.74) is 1.33. The Labute approximate surface area is 173 Å². The van der Waals surface area contributed by atoms with Crippen molar-refractivity contribution in [2.24, 2.45) is 5.92 Å². The molecule has 1 amide bonds. The first-order valence-corrected chi connectivity index (χ1v) is 10.8. The second kappa shape index (κ2) is 9.50. The fourth-order valence-electron chi connectivity index (χ4n) is 4.73. The van der Waals surface area contributed by atoms with Gasteiger partial charge in [0.25, 0.3) is 0 Å². The van der Waals surface area contributed by atoms with Gasteiger partial charge in [0.15, 0.2) is 0 Å². The number of aromatic nitrogens is 3. The van der Waals surface area contributed by atoms with Crippen LogP contribution in [0.25, 0.3) is 0 Å². The molecule has 1 unspecified atom stereocenters. The van der Waals surface area contributed by atoms with E-state index in [9.17, 15) is 4.79 Å². The Balaban J connectivity index is 1.26. The monoisotopic (exact) mass is 396 g/mol. The fourth-order valence-corrected chi connectivity index (χ4v) is 4.73. The predicted molar refractivity (Wildman–Crippen MR) is 112 cm³/mol. The Bertz CT molecular complexity index is 757. The molecule has 156 valence electrons. The lowest BCUT2D eigenvalue weighted by Crippen LogP contribution is -2.50. The van der Waals surface area contributed by atoms with Crippen LogP contribution in [0.4, 0.5) is 0 Å². The molecule has 0 saturated carbocycles. The molecule has 7 nitrogen and oxygen atoms in total. The summed E-state index contributed by atoms with van der Waals surface area (Å²) in [7, 11) is 1.89. The first kappa shape index (κ1) is 20.0. The fraction of sp³-hybridized carbons (Fsp3) is 0.591. The van der Waals surface area contributed by atoms with Crippen LogP contribution in [0, 0.1) is 5.92 Å². The van der Waals surface area contributed by atoms with Crippen molar-refractivity contribution in [3.63, 3.8) is 0 Å². The second-order valence-electron chi connectivity index (χ2n) is 8.43. The van der Waals surface area contributed by atoms with Crippen molar-refractivity contribution < 1.29 is 4.79 Å². The molecular weight excluding hydrogens is 364 g/mol. The van der Waals surface area contributed by atoms with Crippen LogP contribution in [0.3, 0.4) is 0 Å². The summed E-state index contributed by atoms with van der Waals surface area (Å²) >= 11 is 0. The molecule has 0 aliphatic carbocycles. The van der Waals surface area contributed by atoms with E-state index in [1.165, 1.54) is 18.4 Å². The van der Waals surface area contributed by atoms with Crippen LogP contribution in [-0.4, -0.2) is 74.8 Å². The van der Waals surface area contributed by atoms with Crippen LogP contribution in [-0.2, 0) is 17.9 Å². The zero-order chi connectivity index (χ0) is 20.1. The normalized spacial score (nSPS) is 21.9. The average molecular weight is 397 g/mol. The molecule has 1 N–H and O–H groups in total. The molecule has 0 spiro atoms. The van der Waals surface area contributed by atoms with Gasteiger partial charge in [-0.05, 0) is 63.0 Å². The number of piperidine rings is 2. The van der Waals surface area contributed by atoms with Crippen molar-refractivity contribution in [2.45, 2.75) is 44.8 Å². The molecule has 4 rings (SSSR count). The van der Waals surface area contributed by atoms with Crippen molar-refractivity contribution in [3.8, 4) is 0 Å². The maximum absolute atomic E-state index is 13.0. The van der Waals surface area contributed by atoms with Crippen LogP contribution in [0.2, 0.25) is 0 Å². The molecule has 2 fully saturated rings. The van der Waals surface area contributed by atoms with Crippen molar-refractivity contribution in [1.82, 2.24) is 29.7 Å². The number of pyridine rings is 1. The summed E-state index contributed by atoms with van der Waals surface area (Å²) in [5, 5.41) is 0. The third-order valence-corrected chi connectivity index (χ3v) is 6.35. The molecule has 0 aromatic carbocycles. The third-order valence-electron chi connectivity index (χ3n) is 6.35. The summed E-state index contributed by atoms with van der Waals surface area (Å²) in [6.45, 7) is 5.84. The number of nitrogens with zero attached hydrogens (tertiary/aromatic N) is 5. The first-order valence-electron chi connectivity index (χ1n) is 10.8. The smallest absolute Gasteiger partial charge is 0.227 e. The number of hydrogen-bond acceptors (Lipinski definition) is 5. The minimum absolute atomic E-state index is 0.110. The molecule has 2 saturated heterocycles. The van der Waals surface area contributed by atoms with Gasteiger partial charge in [-0.15, -0.1) is 0 Å². The topological polar surface area (TPSA) is 68.4 Å². The van der Waals surface area contributed by atoms with Crippen molar-refractivity contribution in [2.75, 3.05) is 33.2 Å². The molecule has 2 aromatic heterocycles. The van der Waals surface area contributed by atoms with E-state index in [2.05, 4.69) is 36.9 Å². The summed E-state index contributed by atoms with van der Waals surface area (Å²) in [5.74, 6) is 1.20. The maximum atomic E-state index is 13.0. The van der Waals surface area contributed by atoms with E-state index in [0.29, 0.717) is 12.6 Å². The number of likely N-dealkylation sites (tertiary alicyclic amines) is 2. The van der Waals surface area contributed by atoms with Gasteiger partial charge in [-0.3, -0.25) is 19.6 Å². The van der Waals surface area contributed by atoms with Crippen molar-refractivity contribution in [1.29, 1.82) is 0 Å². The van der Waals surface area contributed by atoms with Crippen LogP contribution < -0.4 is 0 Å². The first-order chi connectivity index (χ1) is 14.2. The van der Waals surface area contributed by atoms with Gasteiger partial charge in [-0.25, -0.2) is 4.98 Å². The lowest BCUT2D eigenvalue weighted by Gasteiger charge is -2.42. The number of rotatable bonds is 6. The van der Waals surface area contributed by atoms with E-state index >= 15 is 0 Å². The average Bonchev–Trinajstić information content (AvgIpc) is 3.27. The molecule has 4 heterocycles. The van der Waals surface area contributed by atoms with Crippen LogP contribution >= 0.6 is 0 Å². The van der Waals surface area contributed by atoms with Gasteiger partial charge in [0.05, 0.1) is 12.5 Å². The SMILES string of the molecule is CN(Cc1ncc[nH]1)C(=O)C1CCCN(C2CCN(Cc3ccncc3)CC2)C1. The van der Waals surface area contributed by atoms with Gasteiger partial charge in [0, 0.05) is 51.0 Å². The maximum Gasteiger partial charge on any atom is 0.227 e. The number of imidazole rings is 1. The number of carbonyl (C=O) groups excluding carboxylic acids is 1. The number of nitrogens with one attached hydrogen (secondary N) is 1. The molecule has 0 bridgehead atoms. The number of H-pyrrole nitrogens is 1. The third kappa shape index (κ3) is 5.22. The molecule has 2 aromatic rings. The summed E-state index contributed by atoms with van der Waals surface area (Å²) < 4.78 is 0. The molecular formula is C22H32N6O. The minimum Gasteiger partial charge on any atom is -0.347 e. The van der Waals surface area contributed by atoms with E-state index in [4.69, 9.17) is 0 Å². The van der Waals surface area contributed by atoms with E-state index in [0.717, 1.165) is 51.4 Å². The van der Waals surface area contributed by atoms with Crippen LogP contribution in [0.15, 0.2) is 36.9 Å². The van der Waals surface area contributed by atoms with Gasteiger partial charge >= 0.3 is 0 Å². The molecule has 7 heteroatoms. The lowest BCUT2D eigenvalue weighted by molar-refractivity contribution is -0.137. The van der Waals surface area contributed by atoms with Crippen molar-refractivity contribution in [3.05, 3.63) is 48.3 Å². The summed E-state index contributed by atoms with van der Waals surface area (Å²) in [4.78, 5) is 31.3. The van der Waals surface area contributed by atoms with Gasteiger partial charge < -0.3 is 9.88 Å². The van der Waals surface area contributed by atoms with Crippen LogP contribution in [0.5, 0.6) is 0 Å². The Morgan fingerprint density at radius 1 is 1.17 bits per heavy atom. The Kier molecular flexibility index (Phi) is 6.56. The lowest BCUT2D eigenvalue weighted by atomic mass is 9.93. The minimum atomic E-state index is 0.110. The predicted octanol–water partition coefficient (Wildman–Crippen LogP) is 2.14. The number of amides is 1. The molecule has 29 heavy (non-hydrogen) atoms. The van der Waals surface area contributed by atoms with Crippen LogP contribution in [0.1, 0.15) is 37.1 Å². The summed E-state index contributed by atoms with van der Waals surface area (Å²) in [6, 6.07) is 4.81. The number of hydrogen-bond donors (Lipinski definition) is 1. The van der Waals surface area contributed by atoms with E-state index in [-0.39, 0.29) is 11.8 Å². The second-order valence-corrected chi connectivity index (χ2v) is 8.43. The molecule has 0 radical (unpaired) electrons. The van der Waals surface area contributed by atoms with E-state index < -0.39 is 0 Å². The zero-order valence-electron chi connectivity index (χ0n) is 17.3. The highest BCUT2D eigenvalue weighted by atomic mass is 16.2. The highest BCUT2D eigenvalue weighted by Gasteiger charge is 2.32. The summed E-state index contributed by atoms with van der Waals surface area (Å²) in [6.07, 6.45) is 11.8. The van der Waals surface area contributed by atoms with E-state index in [1.807, 2.05) is 24.3 Å². The molecule has 1 atom stereocenters. The number of aromatic amines is 1. The largest absolute Gasteiger partial charge is 0.347 e. The zero-order valence-corrected chi connectivity index (χ0v) is 17.3. The van der Waals surface area contributed by atoms with Crippen molar-refractivity contribution >= 4 is 5.91 Å². The Morgan fingerprint density at radius 3 is 2.69 bits per heavy atom. The Morgan fingerprint density at radius 2 is 1.97 bits per heavy atom. The van der Waals surface area contributed by atoms with Gasteiger partial charge in [-0.1, -0.05) is 0 Å². The van der Waals surface area contributed by atoms with Gasteiger partial charge in [0.2, 0.25) is 5.91 Å². The standard InChI is InChI=1S/C22H32N6O/c1-26(17-21-24-10-11-25-21)22(29)19-3-2-12-28(16-19)20-6-13-27(14-7-20)15-18-4-8-23-9-5-18/h4-5,8-11,19-20H,2-3,6-7,12-17H2,1H3,(H,24,25).